The number of amides is 2. The van der Waals surface area contributed by atoms with Crippen molar-refractivity contribution >= 4 is 53.8 Å². The van der Waals surface area contributed by atoms with Crippen LogP contribution in [0.5, 0.6) is 11.6 Å². The number of rotatable bonds is 15. The second kappa shape index (κ2) is 16.1. The van der Waals surface area contributed by atoms with Crippen LogP contribution >= 0.6 is 11.6 Å². The second-order valence-corrected chi connectivity index (χ2v) is 18.5. The van der Waals surface area contributed by atoms with Crippen molar-refractivity contribution in [3.05, 3.63) is 51.4 Å². The number of halogens is 2. The second-order valence-electron chi connectivity index (χ2n) is 13.3. The summed E-state index contributed by atoms with van der Waals surface area (Å²) in [6.45, 7) is 3.14. The quantitative estimate of drug-likeness (QED) is 0.238. The molecule has 2 aliphatic heterocycles. The largest absolute Gasteiger partial charge is 0.376 e. The van der Waals surface area contributed by atoms with Crippen molar-refractivity contribution in [3.8, 4) is 11.6 Å². The molecular weight excluding hydrogens is 773 g/mol. The predicted molar refractivity (Wildman–Crippen MR) is 185 cm³/mol. The van der Waals surface area contributed by atoms with Gasteiger partial charge in [0.2, 0.25) is 5.75 Å². The van der Waals surface area contributed by atoms with Gasteiger partial charge in [0.05, 0.1) is 42.1 Å². The number of hydrogen-bond acceptors (Lipinski definition) is 14. The van der Waals surface area contributed by atoms with Crippen molar-refractivity contribution in [2.75, 3.05) is 52.1 Å². The van der Waals surface area contributed by atoms with E-state index in [-0.39, 0.29) is 43.2 Å². The molecule has 0 saturated carbocycles. The third-order valence-corrected chi connectivity index (χ3v) is 9.90. The minimum absolute atomic E-state index is 0.0300. The zero-order valence-electron chi connectivity index (χ0n) is 29.4. The van der Waals surface area contributed by atoms with Gasteiger partial charge in [0.15, 0.2) is 6.29 Å². The standard InChI is InChI=1S/C31H41ClFN3O13S3/c1-31(2,18-46-50(4,39)40)23(47-24-9-7-8-14-45-24)17-35(3)30(38)26-20-12-13-36(16-19-10-11-22(33)21(32)15-19)29(37)25(20)27(48-51(5,41)42)28(34-26)49-52(6,43)44/h10-11,15,23-24H,7-9,12-14,16-18H2,1-6H3/t23?,24-/m1/s1. The topological polar surface area (TPSA) is 202 Å². The lowest BCUT2D eigenvalue weighted by Gasteiger charge is -2.39. The monoisotopic (exact) mass is 813 g/mol. The van der Waals surface area contributed by atoms with Crippen LogP contribution in [-0.2, 0) is 57.0 Å². The molecule has 1 aromatic heterocycles. The summed E-state index contributed by atoms with van der Waals surface area (Å²) in [5.74, 6) is -4.22. The fourth-order valence-electron chi connectivity index (χ4n) is 5.51. The van der Waals surface area contributed by atoms with Crippen LogP contribution in [0.25, 0.3) is 0 Å². The van der Waals surface area contributed by atoms with Gasteiger partial charge in [0, 0.05) is 44.3 Å². The maximum absolute atomic E-state index is 14.3. The molecule has 1 unspecified atom stereocenters. The molecule has 1 fully saturated rings. The summed E-state index contributed by atoms with van der Waals surface area (Å²) in [5.41, 5.74) is -1.58. The summed E-state index contributed by atoms with van der Waals surface area (Å²) in [4.78, 5) is 34.9. The van der Waals surface area contributed by atoms with Gasteiger partial charge in [-0.2, -0.15) is 25.3 Å². The van der Waals surface area contributed by atoms with E-state index in [4.69, 9.17) is 33.6 Å². The van der Waals surface area contributed by atoms with Crippen LogP contribution in [0, 0.1) is 11.2 Å². The van der Waals surface area contributed by atoms with Crippen LogP contribution in [0.4, 0.5) is 4.39 Å². The third-order valence-electron chi connectivity index (χ3n) is 8.14. The minimum Gasteiger partial charge on any atom is -0.376 e. The first-order valence-electron chi connectivity index (χ1n) is 15.9. The van der Waals surface area contributed by atoms with E-state index in [1.165, 1.54) is 29.0 Å². The summed E-state index contributed by atoms with van der Waals surface area (Å²) in [5, 5.41) is -0.198. The number of carbonyl (C=O) groups is 2. The Morgan fingerprint density at radius 3 is 2.35 bits per heavy atom. The van der Waals surface area contributed by atoms with Gasteiger partial charge in [-0.3, -0.25) is 13.8 Å². The van der Waals surface area contributed by atoms with Crippen molar-refractivity contribution < 1.29 is 61.3 Å². The highest BCUT2D eigenvalue weighted by Gasteiger charge is 2.40. The van der Waals surface area contributed by atoms with E-state index in [2.05, 4.69) is 4.98 Å². The molecular formula is C31H41ClFN3O13S3. The van der Waals surface area contributed by atoms with Gasteiger partial charge in [-0.15, -0.1) is 0 Å². The maximum atomic E-state index is 14.3. The number of aromatic nitrogens is 1. The van der Waals surface area contributed by atoms with E-state index in [0.717, 1.165) is 25.2 Å². The highest BCUT2D eigenvalue weighted by atomic mass is 35.5. The molecule has 0 spiro atoms. The molecule has 16 nitrogen and oxygen atoms in total. The molecule has 0 radical (unpaired) electrons. The summed E-state index contributed by atoms with van der Waals surface area (Å²) in [6.07, 6.45) is 2.76. The molecule has 3 heterocycles. The lowest BCUT2D eigenvalue weighted by Crippen LogP contribution is -2.48. The van der Waals surface area contributed by atoms with Crippen molar-refractivity contribution in [1.82, 2.24) is 14.8 Å². The number of fused-ring (bicyclic) bond motifs is 1. The Balaban J connectivity index is 1.79. The Labute approximate surface area is 307 Å². The molecule has 2 atom stereocenters. The Morgan fingerprint density at radius 2 is 1.77 bits per heavy atom. The van der Waals surface area contributed by atoms with Crippen LogP contribution < -0.4 is 8.37 Å². The molecule has 0 bridgehead atoms. The molecule has 4 rings (SSSR count). The van der Waals surface area contributed by atoms with Gasteiger partial charge in [-0.25, -0.2) is 9.37 Å². The van der Waals surface area contributed by atoms with E-state index in [9.17, 15) is 39.2 Å². The van der Waals surface area contributed by atoms with Crippen LogP contribution in [0.1, 0.15) is 65.1 Å². The maximum Gasteiger partial charge on any atom is 0.307 e. The highest BCUT2D eigenvalue weighted by Crippen LogP contribution is 2.39. The average molecular weight is 814 g/mol. The Hall–Kier alpha value is -3.14. The van der Waals surface area contributed by atoms with Crippen molar-refractivity contribution in [2.45, 2.75) is 58.5 Å². The van der Waals surface area contributed by atoms with Gasteiger partial charge in [0.25, 0.3) is 27.8 Å². The summed E-state index contributed by atoms with van der Waals surface area (Å²) < 4.78 is 114. The van der Waals surface area contributed by atoms with E-state index < -0.39 is 88.7 Å². The number of carbonyl (C=O) groups excluding carboxylic acids is 2. The Kier molecular flexibility index (Phi) is 12.9. The number of pyridine rings is 1. The fraction of sp³-hybridized carbons (Fsp3) is 0.581. The van der Waals surface area contributed by atoms with Gasteiger partial charge in [-0.05, 0) is 43.4 Å². The normalized spacial score (nSPS) is 17.7. The smallest absolute Gasteiger partial charge is 0.307 e. The first kappa shape index (κ1) is 41.6. The van der Waals surface area contributed by atoms with Crippen LogP contribution in [0.15, 0.2) is 18.2 Å². The molecule has 290 valence electrons. The zero-order valence-corrected chi connectivity index (χ0v) is 32.6. The predicted octanol–water partition coefficient (Wildman–Crippen LogP) is 2.74. The van der Waals surface area contributed by atoms with Gasteiger partial charge >= 0.3 is 20.2 Å². The van der Waals surface area contributed by atoms with Crippen LogP contribution in [0.2, 0.25) is 5.02 Å². The molecule has 1 saturated heterocycles. The van der Waals surface area contributed by atoms with Crippen molar-refractivity contribution in [1.29, 1.82) is 0 Å². The first-order chi connectivity index (χ1) is 23.9. The van der Waals surface area contributed by atoms with Gasteiger partial charge < -0.3 is 27.6 Å². The van der Waals surface area contributed by atoms with Crippen molar-refractivity contribution in [3.63, 3.8) is 0 Å². The first-order valence-corrected chi connectivity index (χ1v) is 21.7. The molecule has 52 heavy (non-hydrogen) atoms. The van der Waals surface area contributed by atoms with Gasteiger partial charge in [-0.1, -0.05) is 31.5 Å². The van der Waals surface area contributed by atoms with Crippen LogP contribution in [0.3, 0.4) is 0 Å². The average Bonchev–Trinajstić information content (AvgIpc) is 3.02. The van der Waals surface area contributed by atoms with E-state index in [1.807, 2.05) is 0 Å². The summed E-state index contributed by atoms with van der Waals surface area (Å²) >= 11 is 5.93. The third kappa shape index (κ3) is 11.2. The molecule has 2 aliphatic rings. The number of hydrogen-bond donors (Lipinski definition) is 0. The SMILES string of the molecule is CN(CC(O[C@@H]1CCCCO1)C(C)(C)COS(C)(=O)=O)C(=O)c1nc(OS(C)(=O)=O)c(OS(C)(=O)=O)c2c1CCN(Cc1ccc(F)c(Cl)c1)C2=O. The summed E-state index contributed by atoms with van der Waals surface area (Å²) in [7, 11) is -11.3. The van der Waals surface area contributed by atoms with Crippen LogP contribution in [-0.4, -0.2) is 116 Å². The number of likely N-dealkylation sites (N-methyl/N-ethyl adjacent to an activating group) is 1. The van der Waals surface area contributed by atoms with E-state index >= 15 is 0 Å². The van der Waals surface area contributed by atoms with E-state index in [1.54, 1.807) is 13.8 Å². The molecule has 21 heteroatoms. The summed E-state index contributed by atoms with van der Waals surface area (Å²) in [6, 6.07) is 3.81. The zero-order chi connectivity index (χ0) is 38.8. The minimum atomic E-state index is -4.44. The molecule has 2 aromatic rings. The number of nitrogens with zero attached hydrogens (tertiary/aromatic N) is 3. The Bertz CT molecular complexity index is 2020. The number of ether oxygens (including phenoxy) is 2. The van der Waals surface area contributed by atoms with Crippen molar-refractivity contribution in [2.24, 2.45) is 5.41 Å². The molecule has 1 aromatic carbocycles. The van der Waals surface area contributed by atoms with Gasteiger partial charge in [0.1, 0.15) is 11.5 Å². The molecule has 0 aliphatic carbocycles. The number of benzene rings is 1. The molecule has 2 amide bonds. The lowest BCUT2D eigenvalue weighted by molar-refractivity contribution is -0.213. The molecule has 0 N–H and O–H groups in total. The Morgan fingerprint density at radius 1 is 1.10 bits per heavy atom. The fourth-order valence-corrected chi connectivity index (χ4v) is 7.09. The lowest BCUT2D eigenvalue weighted by atomic mass is 9.86. The highest BCUT2D eigenvalue weighted by molar-refractivity contribution is 7.86. The van der Waals surface area contributed by atoms with E-state index in [0.29, 0.717) is 31.1 Å².